The largest absolute Gasteiger partial charge is 0.492 e. The van der Waals surface area contributed by atoms with Crippen LogP contribution in [-0.2, 0) is 0 Å². The Labute approximate surface area is 90.4 Å². The van der Waals surface area contributed by atoms with E-state index in [0.717, 1.165) is 13.1 Å². The fourth-order valence-electron chi connectivity index (χ4n) is 1.20. The molecule has 0 atom stereocenters. The maximum Gasteiger partial charge on any atom is 0.123 e. The summed E-state index contributed by atoms with van der Waals surface area (Å²) in [7, 11) is 0. The second kappa shape index (κ2) is 7.23. The number of rotatable bonds is 7. The predicted molar refractivity (Wildman–Crippen MR) is 59.7 cm³/mol. The first-order chi connectivity index (χ1) is 7.33. The van der Waals surface area contributed by atoms with E-state index in [1.165, 1.54) is 25.0 Å². The van der Waals surface area contributed by atoms with Gasteiger partial charge in [-0.3, -0.25) is 0 Å². The zero-order valence-electron chi connectivity index (χ0n) is 9.13. The Morgan fingerprint density at radius 1 is 1.20 bits per heavy atom. The summed E-state index contributed by atoms with van der Waals surface area (Å²) < 4.78 is 18.0. The second-order valence-corrected chi connectivity index (χ2v) is 3.41. The SMILES string of the molecule is CCCCNCCOc1ccc(F)cc1. The molecule has 84 valence electrons. The number of ether oxygens (including phenoxy) is 1. The Bertz CT molecular complexity index is 261. The van der Waals surface area contributed by atoms with Gasteiger partial charge in [-0.25, -0.2) is 4.39 Å². The van der Waals surface area contributed by atoms with Gasteiger partial charge >= 0.3 is 0 Å². The third-order valence-electron chi connectivity index (χ3n) is 2.07. The molecule has 0 aliphatic heterocycles. The number of benzene rings is 1. The molecule has 0 saturated carbocycles. The molecule has 0 spiro atoms. The Hall–Kier alpha value is -1.09. The van der Waals surface area contributed by atoms with E-state index in [2.05, 4.69) is 12.2 Å². The molecule has 0 radical (unpaired) electrons. The van der Waals surface area contributed by atoms with Crippen LogP contribution in [-0.4, -0.2) is 19.7 Å². The van der Waals surface area contributed by atoms with Gasteiger partial charge in [-0.05, 0) is 37.2 Å². The molecule has 15 heavy (non-hydrogen) atoms. The Kier molecular flexibility index (Phi) is 5.78. The van der Waals surface area contributed by atoms with Gasteiger partial charge in [-0.1, -0.05) is 13.3 Å². The molecule has 1 N–H and O–H groups in total. The first-order valence-electron chi connectivity index (χ1n) is 5.42. The van der Waals surface area contributed by atoms with Crippen LogP contribution in [0.1, 0.15) is 19.8 Å². The van der Waals surface area contributed by atoms with Crippen molar-refractivity contribution in [3.8, 4) is 5.75 Å². The van der Waals surface area contributed by atoms with E-state index >= 15 is 0 Å². The molecule has 0 aliphatic rings. The minimum Gasteiger partial charge on any atom is -0.492 e. The van der Waals surface area contributed by atoms with Crippen molar-refractivity contribution in [2.75, 3.05) is 19.7 Å². The smallest absolute Gasteiger partial charge is 0.123 e. The van der Waals surface area contributed by atoms with Crippen LogP contribution in [0, 0.1) is 5.82 Å². The first kappa shape index (κ1) is 12.0. The van der Waals surface area contributed by atoms with Gasteiger partial charge in [-0.2, -0.15) is 0 Å². The third-order valence-corrected chi connectivity index (χ3v) is 2.07. The molecule has 1 aromatic rings. The van der Waals surface area contributed by atoms with Crippen molar-refractivity contribution in [2.24, 2.45) is 0 Å². The average Bonchev–Trinajstić information content (AvgIpc) is 2.26. The van der Waals surface area contributed by atoms with Crippen LogP contribution in [0.15, 0.2) is 24.3 Å². The highest BCUT2D eigenvalue weighted by molar-refractivity contribution is 5.21. The summed E-state index contributed by atoms with van der Waals surface area (Å²) >= 11 is 0. The quantitative estimate of drug-likeness (QED) is 0.700. The van der Waals surface area contributed by atoms with Crippen LogP contribution in [0.2, 0.25) is 0 Å². The van der Waals surface area contributed by atoms with Crippen molar-refractivity contribution >= 4 is 0 Å². The molecule has 0 unspecified atom stereocenters. The molecular weight excluding hydrogens is 193 g/mol. The topological polar surface area (TPSA) is 21.3 Å². The highest BCUT2D eigenvalue weighted by Gasteiger charge is 1.93. The summed E-state index contributed by atoms with van der Waals surface area (Å²) in [6.45, 7) is 4.65. The van der Waals surface area contributed by atoms with Gasteiger partial charge < -0.3 is 10.1 Å². The number of hydrogen-bond acceptors (Lipinski definition) is 2. The fraction of sp³-hybridized carbons (Fsp3) is 0.500. The molecule has 0 amide bonds. The maximum atomic E-state index is 12.5. The van der Waals surface area contributed by atoms with Gasteiger partial charge in [0.05, 0.1) is 0 Å². The number of hydrogen-bond donors (Lipinski definition) is 1. The monoisotopic (exact) mass is 211 g/mol. The molecule has 0 aromatic heterocycles. The summed E-state index contributed by atoms with van der Waals surface area (Å²) in [5.41, 5.74) is 0. The molecule has 0 saturated heterocycles. The molecule has 0 heterocycles. The Balaban J connectivity index is 2.07. The van der Waals surface area contributed by atoms with E-state index in [9.17, 15) is 4.39 Å². The van der Waals surface area contributed by atoms with Crippen LogP contribution in [0.5, 0.6) is 5.75 Å². The second-order valence-electron chi connectivity index (χ2n) is 3.41. The van der Waals surface area contributed by atoms with Gasteiger partial charge in [0, 0.05) is 6.54 Å². The molecule has 0 fully saturated rings. The molecular formula is C12H18FNO. The summed E-state index contributed by atoms with van der Waals surface area (Å²) in [4.78, 5) is 0. The van der Waals surface area contributed by atoms with E-state index in [-0.39, 0.29) is 5.82 Å². The fourth-order valence-corrected chi connectivity index (χ4v) is 1.20. The minimum atomic E-state index is -0.233. The molecule has 0 bridgehead atoms. The minimum absolute atomic E-state index is 0.233. The van der Waals surface area contributed by atoms with Crippen molar-refractivity contribution < 1.29 is 9.13 Å². The Morgan fingerprint density at radius 3 is 2.60 bits per heavy atom. The summed E-state index contributed by atoms with van der Waals surface area (Å²) in [6, 6.07) is 6.09. The van der Waals surface area contributed by atoms with Crippen LogP contribution >= 0.6 is 0 Å². The van der Waals surface area contributed by atoms with Gasteiger partial charge in [0.1, 0.15) is 18.2 Å². The van der Waals surface area contributed by atoms with E-state index in [1.807, 2.05) is 0 Å². The zero-order chi connectivity index (χ0) is 10.9. The van der Waals surface area contributed by atoms with Crippen molar-refractivity contribution in [2.45, 2.75) is 19.8 Å². The van der Waals surface area contributed by atoms with Gasteiger partial charge in [0.15, 0.2) is 0 Å². The normalized spacial score (nSPS) is 10.3. The van der Waals surface area contributed by atoms with Gasteiger partial charge in [0.2, 0.25) is 0 Å². The zero-order valence-corrected chi connectivity index (χ0v) is 9.13. The third kappa shape index (κ3) is 5.37. The molecule has 1 rings (SSSR count). The van der Waals surface area contributed by atoms with E-state index in [1.54, 1.807) is 12.1 Å². The Morgan fingerprint density at radius 2 is 1.93 bits per heavy atom. The van der Waals surface area contributed by atoms with Crippen LogP contribution in [0.25, 0.3) is 0 Å². The summed E-state index contributed by atoms with van der Waals surface area (Å²) in [5.74, 6) is 0.483. The average molecular weight is 211 g/mol. The summed E-state index contributed by atoms with van der Waals surface area (Å²) in [5, 5.41) is 3.27. The maximum absolute atomic E-state index is 12.5. The standard InChI is InChI=1S/C12H18FNO/c1-2-3-8-14-9-10-15-12-6-4-11(13)5-7-12/h4-7,14H,2-3,8-10H2,1H3. The molecule has 2 nitrogen and oxygen atoms in total. The van der Waals surface area contributed by atoms with E-state index in [0.29, 0.717) is 12.4 Å². The van der Waals surface area contributed by atoms with E-state index < -0.39 is 0 Å². The lowest BCUT2D eigenvalue weighted by Crippen LogP contribution is -2.21. The lowest BCUT2D eigenvalue weighted by molar-refractivity contribution is 0.313. The van der Waals surface area contributed by atoms with Crippen LogP contribution in [0.4, 0.5) is 4.39 Å². The van der Waals surface area contributed by atoms with E-state index in [4.69, 9.17) is 4.74 Å². The lowest BCUT2D eigenvalue weighted by Gasteiger charge is -2.06. The number of unbranched alkanes of at least 4 members (excludes halogenated alkanes) is 1. The lowest BCUT2D eigenvalue weighted by atomic mass is 10.3. The van der Waals surface area contributed by atoms with Crippen molar-refractivity contribution in [1.82, 2.24) is 5.32 Å². The number of nitrogens with one attached hydrogen (secondary N) is 1. The van der Waals surface area contributed by atoms with Gasteiger partial charge in [0.25, 0.3) is 0 Å². The number of halogens is 1. The highest BCUT2D eigenvalue weighted by Crippen LogP contribution is 2.10. The molecule has 1 aromatic carbocycles. The molecule has 3 heteroatoms. The summed E-state index contributed by atoms with van der Waals surface area (Å²) in [6.07, 6.45) is 2.39. The van der Waals surface area contributed by atoms with Crippen LogP contribution < -0.4 is 10.1 Å². The van der Waals surface area contributed by atoms with Gasteiger partial charge in [-0.15, -0.1) is 0 Å². The van der Waals surface area contributed by atoms with Crippen molar-refractivity contribution in [3.05, 3.63) is 30.1 Å². The first-order valence-corrected chi connectivity index (χ1v) is 5.42. The van der Waals surface area contributed by atoms with Crippen LogP contribution in [0.3, 0.4) is 0 Å². The predicted octanol–water partition coefficient (Wildman–Crippen LogP) is 2.59. The van der Waals surface area contributed by atoms with Crippen molar-refractivity contribution in [1.29, 1.82) is 0 Å². The van der Waals surface area contributed by atoms with Crippen molar-refractivity contribution in [3.63, 3.8) is 0 Å². The molecule has 0 aliphatic carbocycles. The highest BCUT2D eigenvalue weighted by atomic mass is 19.1.